The van der Waals surface area contributed by atoms with Crippen molar-refractivity contribution in [3.05, 3.63) is 64.5 Å². The largest absolute Gasteiger partial charge is 0.417 e. The van der Waals surface area contributed by atoms with Gasteiger partial charge < -0.3 is 10.2 Å². The van der Waals surface area contributed by atoms with Crippen LogP contribution in [0, 0.1) is 11.8 Å². The molecular weight excluding hydrogens is 453 g/mol. The lowest BCUT2D eigenvalue weighted by molar-refractivity contribution is -0.138. The molecule has 2 aliphatic heterocycles. The van der Waals surface area contributed by atoms with Crippen molar-refractivity contribution in [3.8, 4) is 11.8 Å². The van der Waals surface area contributed by atoms with Crippen molar-refractivity contribution in [1.82, 2.24) is 20.5 Å². The van der Waals surface area contributed by atoms with Gasteiger partial charge >= 0.3 is 6.18 Å². The number of piperidine rings is 1. The Bertz CT molecular complexity index is 1250. The summed E-state index contributed by atoms with van der Waals surface area (Å²) in [6, 6.07) is 6.21. The van der Waals surface area contributed by atoms with Crippen LogP contribution in [0.25, 0.3) is 0 Å². The number of amides is 4. The molecule has 3 heterocycles. The summed E-state index contributed by atoms with van der Waals surface area (Å²) in [5.74, 6) is 2.87. The predicted octanol–water partition coefficient (Wildman–Crippen LogP) is 1.53. The van der Waals surface area contributed by atoms with Crippen molar-refractivity contribution in [1.29, 1.82) is 0 Å². The van der Waals surface area contributed by atoms with Gasteiger partial charge in [-0.1, -0.05) is 12.1 Å². The minimum absolute atomic E-state index is 0.0211. The average Bonchev–Trinajstić information content (AvgIpc) is 3.11. The number of nitrogens with one attached hydrogen (secondary N) is 2. The third-order valence-electron chi connectivity index (χ3n) is 5.44. The van der Waals surface area contributed by atoms with Crippen LogP contribution in [0.1, 0.15) is 45.6 Å². The molecular formula is C23H17F3N4O4. The fourth-order valence-corrected chi connectivity index (χ4v) is 3.72. The highest BCUT2D eigenvalue weighted by atomic mass is 19.4. The van der Waals surface area contributed by atoms with E-state index in [-0.39, 0.29) is 43.4 Å². The van der Waals surface area contributed by atoms with Crippen molar-refractivity contribution < 1.29 is 32.3 Å². The first-order chi connectivity index (χ1) is 16.1. The molecule has 0 radical (unpaired) electrons. The topological polar surface area (TPSA) is 108 Å². The van der Waals surface area contributed by atoms with E-state index in [9.17, 15) is 32.3 Å². The van der Waals surface area contributed by atoms with Crippen LogP contribution in [0.4, 0.5) is 13.2 Å². The van der Waals surface area contributed by atoms with Crippen LogP contribution >= 0.6 is 0 Å². The van der Waals surface area contributed by atoms with Gasteiger partial charge in [0.25, 0.3) is 11.8 Å². The lowest BCUT2D eigenvalue weighted by Crippen LogP contribution is -2.52. The molecule has 11 heteroatoms. The number of benzene rings is 1. The number of nitrogens with zero attached hydrogens (tertiary/aromatic N) is 2. The third-order valence-corrected chi connectivity index (χ3v) is 5.44. The van der Waals surface area contributed by atoms with Crippen LogP contribution in [0.2, 0.25) is 0 Å². The molecule has 0 bridgehead atoms. The van der Waals surface area contributed by atoms with E-state index in [1.165, 1.54) is 4.90 Å². The number of hydrogen-bond donors (Lipinski definition) is 2. The zero-order valence-electron chi connectivity index (χ0n) is 17.5. The number of imide groups is 1. The van der Waals surface area contributed by atoms with E-state index < -0.39 is 29.6 Å². The Morgan fingerprint density at radius 2 is 2.00 bits per heavy atom. The highest BCUT2D eigenvalue weighted by Crippen LogP contribution is 2.29. The fourth-order valence-electron chi connectivity index (χ4n) is 3.72. The van der Waals surface area contributed by atoms with Crippen LogP contribution in [-0.4, -0.2) is 39.6 Å². The summed E-state index contributed by atoms with van der Waals surface area (Å²) in [7, 11) is 0. The van der Waals surface area contributed by atoms with Gasteiger partial charge in [-0.05, 0) is 41.7 Å². The number of hydrogen-bond acceptors (Lipinski definition) is 5. The van der Waals surface area contributed by atoms with Gasteiger partial charge in [-0.2, -0.15) is 13.2 Å². The molecule has 8 nitrogen and oxygen atoms in total. The zero-order chi connectivity index (χ0) is 24.5. The van der Waals surface area contributed by atoms with Gasteiger partial charge in [-0.3, -0.25) is 24.5 Å². The average molecular weight is 470 g/mol. The highest BCUT2D eigenvalue weighted by Gasteiger charge is 2.39. The molecule has 1 aromatic carbocycles. The van der Waals surface area contributed by atoms with Crippen molar-refractivity contribution in [2.45, 2.75) is 38.1 Å². The molecule has 4 amide bonds. The van der Waals surface area contributed by atoms with E-state index in [0.29, 0.717) is 22.9 Å². The summed E-state index contributed by atoms with van der Waals surface area (Å²) in [6.07, 6.45) is -3.43. The Balaban J connectivity index is 1.36. The van der Waals surface area contributed by atoms with Gasteiger partial charge in [0.15, 0.2) is 0 Å². The van der Waals surface area contributed by atoms with Gasteiger partial charge in [0.1, 0.15) is 11.7 Å². The summed E-state index contributed by atoms with van der Waals surface area (Å²) >= 11 is 0. The summed E-state index contributed by atoms with van der Waals surface area (Å²) in [6.45, 7) is 0.315. The molecule has 0 saturated carbocycles. The summed E-state index contributed by atoms with van der Waals surface area (Å²) in [4.78, 5) is 53.2. The van der Waals surface area contributed by atoms with E-state index in [2.05, 4.69) is 27.5 Å². The molecule has 1 fully saturated rings. The molecule has 2 aliphatic rings. The standard InChI is InChI=1S/C23H17F3N4O4/c24-23(25,26)15-2-3-16(27-11-15)4-7-19(31)28-10-13-1-5-17-14(9-13)12-30(22(17)34)18-6-8-20(32)29-21(18)33/h1-3,5,9,11,18H,6,8,10,12H2,(H,28,31)(H,29,32,33). The van der Waals surface area contributed by atoms with Crippen molar-refractivity contribution in [2.24, 2.45) is 0 Å². The molecule has 1 unspecified atom stereocenters. The lowest BCUT2D eigenvalue weighted by Gasteiger charge is -2.29. The van der Waals surface area contributed by atoms with Crippen LogP contribution in [0.5, 0.6) is 0 Å². The molecule has 174 valence electrons. The van der Waals surface area contributed by atoms with E-state index in [1.807, 2.05) is 0 Å². The minimum Gasteiger partial charge on any atom is -0.341 e. The van der Waals surface area contributed by atoms with Crippen LogP contribution < -0.4 is 10.6 Å². The third kappa shape index (κ3) is 4.91. The number of pyridine rings is 1. The van der Waals surface area contributed by atoms with Gasteiger partial charge in [-0.25, -0.2) is 4.98 Å². The Morgan fingerprint density at radius 1 is 1.21 bits per heavy atom. The number of rotatable bonds is 3. The zero-order valence-corrected chi connectivity index (χ0v) is 17.5. The number of fused-ring (bicyclic) bond motifs is 1. The highest BCUT2D eigenvalue weighted by molar-refractivity contribution is 6.05. The maximum Gasteiger partial charge on any atom is 0.417 e. The summed E-state index contributed by atoms with van der Waals surface area (Å²) in [5, 5.41) is 4.82. The first-order valence-corrected chi connectivity index (χ1v) is 10.2. The first kappa shape index (κ1) is 23.0. The molecule has 2 N–H and O–H groups in total. The predicted molar refractivity (Wildman–Crippen MR) is 110 cm³/mol. The molecule has 0 aliphatic carbocycles. The number of halogens is 3. The number of carbonyl (C=O) groups is 4. The Kier molecular flexibility index (Phi) is 6.06. The second kappa shape index (κ2) is 8.97. The van der Waals surface area contributed by atoms with Crippen LogP contribution in [0.15, 0.2) is 36.5 Å². The summed E-state index contributed by atoms with van der Waals surface area (Å²) < 4.78 is 37.7. The van der Waals surface area contributed by atoms with Crippen LogP contribution in [0.3, 0.4) is 0 Å². The monoisotopic (exact) mass is 470 g/mol. The van der Waals surface area contributed by atoms with E-state index in [4.69, 9.17) is 0 Å². The maximum absolute atomic E-state index is 12.7. The molecule has 0 spiro atoms. The van der Waals surface area contributed by atoms with Gasteiger partial charge in [0.2, 0.25) is 11.8 Å². The number of carbonyl (C=O) groups excluding carboxylic acids is 4. The van der Waals surface area contributed by atoms with Crippen LogP contribution in [-0.2, 0) is 33.6 Å². The molecule has 2 aromatic rings. The second-order valence-electron chi connectivity index (χ2n) is 7.75. The van der Waals surface area contributed by atoms with E-state index >= 15 is 0 Å². The van der Waals surface area contributed by atoms with E-state index in [1.54, 1.807) is 18.2 Å². The second-order valence-corrected chi connectivity index (χ2v) is 7.75. The molecule has 4 rings (SSSR count). The number of aromatic nitrogens is 1. The maximum atomic E-state index is 12.7. The van der Waals surface area contributed by atoms with Crippen molar-refractivity contribution in [3.63, 3.8) is 0 Å². The smallest absolute Gasteiger partial charge is 0.341 e. The minimum atomic E-state index is -4.50. The normalized spacial score (nSPS) is 17.6. The van der Waals surface area contributed by atoms with Gasteiger partial charge in [0.05, 0.1) is 5.56 Å². The molecule has 1 atom stereocenters. The van der Waals surface area contributed by atoms with E-state index in [0.717, 1.165) is 12.1 Å². The lowest BCUT2D eigenvalue weighted by atomic mass is 10.0. The van der Waals surface area contributed by atoms with Crippen molar-refractivity contribution >= 4 is 23.6 Å². The van der Waals surface area contributed by atoms with Gasteiger partial charge in [0, 0.05) is 37.2 Å². The van der Waals surface area contributed by atoms with Gasteiger partial charge in [-0.15, -0.1) is 0 Å². The Hall–Kier alpha value is -4.20. The SMILES string of the molecule is O=C(C#Cc1ccc(C(F)(F)F)cn1)NCc1ccc2c(c1)CN(C1CCC(=O)NC1=O)C2=O. The molecule has 1 saturated heterocycles. The number of alkyl halides is 3. The van der Waals surface area contributed by atoms with Crippen molar-refractivity contribution in [2.75, 3.05) is 0 Å². The fraction of sp³-hybridized carbons (Fsp3) is 0.261. The Labute approximate surface area is 191 Å². The first-order valence-electron chi connectivity index (χ1n) is 10.2. The Morgan fingerprint density at radius 3 is 2.68 bits per heavy atom. The molecule has 1 aromatic heterocycles. The molecule has 34 heavy (non-hydrogen) atoms. The summed E-state index contributed by atoms with van der Waals surface area (Å²) in [5.41, 5.74) is 0.954. The quantitative estimate of drug-likeness (QED) is 0.523.